The van der Waals surface area contributed by atoms with E-state index in [4.69, 9.17) is 0 Å². The first-order valence-electron chi connectivity index (χ1n) is 5.28. The number of carbonyl (C=O) groups is 2. The molecule has 16 heavy (non-hydrogen) atoms. The van der Waals surface area contributed by atoms with E-state index in [-0.39, 0.29) is 42.1 Å². The number of nitrogens with one attached hydrogen (secondary N) is 1. The zero-order valence-electron chi connectivity index (χ0n) is 9.60. The molecule has 0 unspecified atom stereocenters. The van der Waals surface area contributed by atoms with Crippen LogP contribution in [0.15, 0.2) is 0 Å². The normalized spacial score (nSPS) is 19.4. The maximum atomic E-state index is 11.8. The molecule has 1 atom stereocenters. The van der Waals surface area contributed by atoms with Crippen LogP contribution in [-0.2, 0) is 4.79 Å². The Morgan fingerprint density at radius 3 is 2.50 bits per heavy atom. The Morgan fingerprint density at radius 2 is 2.12 bits per heavy atom. The second kappa shape index (κ2) is 7.14. The average Bonchev–Trinajstić information content (AvgIpc) is 2.65. The summed E-state index contributed by atoms with van der Waals surface area (Å²) in [5, 5.41) is 2.79. The molecular formula is C10H19ClN2O2S. The summed E-state index contributed by atoms with van der Waals surface area (Å²) in [7, 11) is 0. The summed E-state index contributed by atoms with van der Waals surface area (Å²) < 4.78 is 0. The van der Waals surface area contributed by atoms with Gasteiger partial charge in [0, 0.05) is 6.04 Å². The monoisotopic (exact) mass is 266 g/mol. The lowest BCUT2D eigenvalue weighted by molar-refractivity contribution is -0.121. The van der Waals surface area contributed by atoms with Gasteiger partial charge in [0.1, 0.15) is 0 Å². The van der Waals surface area contributed by atoms with Crippen molar-refractivity contribution in [1.82, 2.24) is 10.2 Å². The number of halogens is 1. The lowest BCUT2D eigenvalue weighted by Crippen LogP contribution is -2.43. The molecule has 1 amide bonds. The summed E-state index contributed by atoms with van der Waals surface area (Å²) in [4.78, 5) is 24.4. The average molecular weight is 267 g/mol. The van der Waals surface area contributed by atoms with Gasteiger partial charge in [-0.3, -0.25) is 9.59 Å². The molecule has 1 saturated heterocycles. The van der Waals surface area contributed by atoms with Gasteiger partial charge in [-0.2, -0.15) is 0 Å². The third-order valence-electron chi connectivity index (χ3n) is 2.64. The molecular weight excluding hydrogens is 248 g/mol. The largest absolute Gasteiger partial charge is 0.324 e. The van der Waals surface area contributed by atoms with Crippen molar-refractivity contribution < 1.29 is 9.59 Å². The fourth-order valence-corrected chi connectivity index (χ4v) is 2.01. The highest BCUT2D eigenvalue weighted by Gasteiger charge is 2.25. The fourth-order valence-electron chi connectivity index (χ4n) is 1.71. The Kier molecular flexibility index (Phi) is 7.03. The van der Waals surface area contributed by atoms with Gasteiger partial charge >= 0.3 is 0 Å². The highest BCUT2D eigenvalue weighted by molar-refractivity contribution is 7.96. The van der Waals surface area contributed by atoms with E-state index in [9.17, 15) is 9.59 Å². The van der Waals surface area contributed by atoms with Crippen LogP contribution in [0, 0.1) is 0 Å². The molecule has 0 radical (unpaired) electrons. The Bertz CT molecular complexity index is 255. The molecule has 1 rings (SSSR count). The standard InChI is InChI=1S/C10H18N2O2S.ClH/c1-7(2)12(10(14)15)6-9(13)8-4-3-5-11-8;/h7-8,11H,3-6H2,1-2H3,(H,14,15);1H/t8-;/m1./s1. The topological polar surface area (TPSA) is 49.4 Å². The molecule has 0 bridgehead atoms. The van der Waals surface area contributed by atoms with E-state index in [1.165, 1.54) is 4.90 Å². The smallest absolute Gasteiger partial charge is 0.279 e. The molecule has 0 saturated carbocycles. The number of hydrogen-bond donors (Lipinski definition) is 2. The molecule has 1 N–H and O–H groups in total. The van der Waals surface area contributed by atoms with E-state index in [1.807, 2.05) is 13.8 Å². The number of rotatable bonds is 4. The second-order valence-corrected chi connectivity index (χ2v) is 4.50. The number of carbonyl (C=O) groups excluding carboxylic acids is 2. The molecule has 1 fully saturated rings. The Hall–Kier alpha value is -0.260. The van der Waals surface area contributed by atoms with E-state index < -0.39 is 0 Å². The number of ketones is 1. The summed E-state index contributed by atoms with van der Waals surface area (Å²) in [5.74, 6) is 0.0867. The summed E-state index contributed by atoms with van der Waals surface area (Å²) in [6, 6.07) is -0.0562. The van der Waals surface area contributed by atoms with Gasteiger partial charge in [-0.15, -0.1) is 12.4 Å². The first-order valence-corrected chi connectivity index (χ1v) is 5.72. The molecule has 1 aliphatic rings. The quantitative estimate of drug-likeness (QED) is 0.758. The van der Waals surface area contributed by atoms with Crippen molar-refractivity contribution in [2.45, 2.75) is 38.8 Å². The van der Waals surface area contributed by atoms with Gasteiger partial charge in [0.25, 0.3) is 5.24 Å². The van der Waals surface area contributed by atoms with Crippen LogP contribution in [0.2, 0.25) is 0 Å². The molecule has 0 spiro atoms. The third kappa shape index (κ3) is 4.31. The van der Waals surface area contributed by atoms with Crippen LogP contribution in [-0.4, -0.2) is 41.1 Å². The van der Waals surface area contributed by atoms with E-state index in [0.717, 1.165) is 19.4 Å². The van der Waals surface area contributed by atoms with Gasteiger partial charge in [0.15, 0.2) is 5.78 Å². The molecule has 6 heteroatoms. The number of hydrogen-bond acceptors (Lipinski definition) is 3. The van der Waals surface area contributed by atoms with Crippen molar-refractivity contribution in [2.75, 3.05) is 13.1 Å². The van der Waals surface area contributed by atoms with Crippen molar-refractivity contribution in [2.24, 2.45) is 0 Å². The molecule has 0 aromatic heterocycles. The van der Waals surface area contributed by atoms with Gasteiger partial charge in [0.2, 0.25) is 0 Å². The summed E-state index contributed by atoms with van der Waals surface area (Å²) >= 11 is 3.76. The Balaban J connectivity index is 0.00000225. The maximum Gasteiger partial charge on any atom is 0.279 e. The molecule has 0 aliphatic carbocycles. The highest BCUT2D eigenvalue weighted by atomic mass is 35.5. The first-order chi connectivity index (χ1) is 7.02. The molecule has 1 heterocycles. The van der Waals surface area contributed by atoms with Crippen LogP contribution >= 0.6 is 25.0 Å². The van der Waals surface area contributed by atoms with Crippen LogP contribution < -0.4 is 5.32 Å². The zero-order chi connectivity index (χ0) is 11.4. The predicted octanol–water partition coefficient (Wildman–Crippen LogP) is 1.49. The minimum Gasteiger partial charge on any atom is -0.324 e. The van der Waals surface area contributed by atoms with Crippen LogP contribution in [0.3, 0.4) is 0 Å². The number of nitrogens with zero attached hydrogens (tertiary/aromatic N) is 1. The summed E-state index contributed by atoms with van der Waals surface area (Å²) in [5.41, 5.74) is 0. The number of Topliss-reactive ketones (excluding diaryl/α,β-unsaturated/α-hetero) is 1. The van der Waals surface area contributed by atoms with Crippen molar-refractivity contribution >= 4 is 36.1 Å². The van der Waals surface area contributed by atoms with E-state index in [2.05, 4.69) is 17.9 Å². The van der Waals surface area contributed by atoms with Crippen molar-refractivity contribution in [3.8, 4) is 0 Å². The molecule has 0 aromatic rings. The molecule has 0 aromatic carbocycles. The van der Waals surface area contributed by atoms with Gasteiger partial charge < -0.3 is 10.2 Å². The number of thiol groups is 1. The lowest BCUT2D eigenvalue weighted by atomic mass is 10.1. The van der Waals surface area contributed by atoms with Gasteiger partial charge in [-0.05, 0) is 33.2 Å². The molecule has 1 aliphatic heterocycles. The predicted molar refractivity (Wildman–Crippen MR) is 69.5 cm³/mol. The zero-order valence-corrected chi connectivity index (χ0v) is 11.3. The van der Waals surface area contributed by atoms with E-state index >= 15 is 0 Å². The van der Waals surface area contributed by atoms with Crippen molar-refractivity contribution in [3.05, 3.63) is 0 Å². The Morgan fingerprint density at radius 1 is 1.50 bits per heavy atom. The molecule has 94 valence electrons. The van der Waals surface area contributed by atoms with Crippen LogP contribution in [0.4, 0.5) is 4.79 Å². The van der Waals surface area contributed by atoms with Gasteiger partial charge in [-0.25, -0.2) is 0 Å². The number of amides is 1. The van der Waals surface area contributed by atoms with E-state index in [0.29, 0.717) is 0 Å². The van der Waals surface area contributed by atoms with Crippen molar-refractivity contribution in [1.29, 1.82) is 0 Å². The highest BCUT2D eigenvalue weighted by Crippen LogP contribution is 2.09. The minimum absolute atomic E-state index is 0. The van der Waals surface area contributed by atoms with Gasteiger partial charge in [0.05, 0.1) is 12.6 Å². The van der Waals surface area contributed by atoms with E-state index in [1.54, 1.807) is 0 Å². The third-order valence-corrected chi connectivity index (χ3v) is 2.90. The maximum absolute atomic E-state index is 11.8. The summed E-state index contributed by atoms with van der Waals surface area (Å²) in [6.45, 7) is 4.82. The van der Waals surface area contributed by atoms with Crippen LogP contribution in [0.5, 0.6) is 0 Å². The van der Waals surface area contributed by atoms with Crippen molar-refractivity contribution in [3.63, 3.8) is 0 Å². The minimum atomic E-state index is -0.337. The lowest BCUT2D eigenvalue weighted by Gasteiger charge is -2.25. The van der Waals surface area contributed by atoms with Crippen LogP contribution in [0.25, 0.3) is 0 Å². The summed E-state index contributed by atoms with van der Waals surface area (Å²) in [6.07, 6.45) is 1.92. The second-order valence-electron chi connectivity index (χ2n) is 4.12. The first kappa shape index (κ1) is 15.7. The van der Waals surface area contributed by atoms with Gasteiger partial charge in [-0.1, -0.05) is 12.6 Å². The SMILES string of the molecule is CC(C)N(CC(=O)[C@H]1CCCN1)C(=O)S.Cl. The fraction of sp³-hybridized carbons (Fsp3) is 0.800. The Labute approximate surface area is 108 Å². The van der Waals surface area contributed by atoms with Crippen LogP contribution in [0.1, 0.15) is 26.7 Å². The molecule has 4 nitrogen and oxygen atoms in total.